The number of piperidine rings is 1. The largest absolute Gasteiger partial charge is 0.449 e. The smallest absolute Gasteiger partial charge is 0.341 e. The highest BCUT2D eigenvalue weighted by Gasteiger charge is 2.39. The molecule has 2 aromatic rings. The first kappa shape index (κ1) is 17.3. The Morgan fingerprint density at radius 3 is 2.58 bits per heavy atom. The van der Waals surface area contributed by atoms with Crippen molar-refractivity contribution in [3.05, 3.63) is 30.1 Å². The van der Waals surface area contributed by atoms with Gasteiger partial charge in [-0.15, -0.1) is 0 Å². The number of halogens is 3. The number of nitrogens with one attached hydrogen (secondary N) is 1. The lowest BCUT2D eigenvalue weighted by Gasteiger charge is -2.35. The minimum absolute atomic E-state index is 0.0744. The zero-order valence-corrected chi connectivity index (χ0v) is 14.5. The molecule has 2 bridgehead atoms. The molecule has 26 heavy (non-hydrogen) atoms. The van der Waals surface area contributed by atoms with Gasteiger partial charge in [0.25, 0.3) is 0 Å². The second-order valence-corrected chi connectivity index (χ2v) is 7.28. The molecule has 0 spiro atoms. The lowest BCUT2D eigenvalue weighted by Crippen LogP contribution is -2.49. The van der Waals surface area contributed by atoms with Crippen molar-refractivity contribution in [2.24, 2.45) is 0 Å². The van der Waals surface area contributed by atoms with Crippen LogP contribution in [-0.2, 0) is 17.5 Å². The highest BCUT2D eigenvalue weighted by molar-refractivity contribution is 5.81. The number of rotatable bonds is 3. The van der Waals surface area contributed by atoms with Gasteiger partial charge in [-0.25, -0.2) is 4.98 Å². The molecule has 0 radical (unpaired) electrons. The fourth-order valence-corrected chi connectivity index (χ4v) is 4.25. The first-order chi connectivity index (χ1) is 12.3. The minimum atomic E-state index is -4.61. The number of carbonyl (C=O) groups is 1. The van der Waals surface area contributed by atoms with Crippen molar-refractivity contribution in [1.29, 1.82) is 0 Å². The molecule has 0 saturated carbocycles. The summed E-state index contributed by atoms with van der Waals surface area (Å²) in [6.45, 7) is -0.356. The highest BCUT2D eigenvalue weighted by atomic mass is 19.4. The number of amides is 1. The van der Waals surface area contributed by atoms with Crippen molar-refractivity contribution in [3.63, 3.8) is 0 Å². The summed E-state index contributed by atoms with van der Waals surface area (Å²) >= 11 is 0. The van der Waals surface area contributed by atoms with E-state index in [-0.39, 0.29) is 24.0 Å². The maximum Gasteiger partial charge on any atom is 0.449 e. The molecule has 2 unspecified atom stereocenters. The predicted octanol–water partition coefficient (Wildman–Crippen LogP) is 2.80. The summed E-state index contributed by atoms with van der Waals surface area (Å²) in [6.07, 6.45) is -0.683. The number of nitrogens with zero attached hydrogens (tertiary/aromatic N) is 3. The van der Waals surface area contributed by atoms with Gasteiger partial charge in [0.2, 0.25) is 11.7 Å². The van der Waals surface area contributed by atoms with Gasteiger partial charge in [-0.05, 0) is 37.8 Å². The normalized spacial score (nSPS) is 25.6. The number of likely N-dealkylation sites (N-methyl/N-ethyl adjacent to an activating group) is 1. The number of imidazole rings is 1. The van der Waals surface area contributed by atoms with E-state index in [1.165, 1.54) is 6.07 Å². The fourth-order valence-electron chi connectivity index (χ4n) is 4.25. The average Bonchev–Trinajstić information content (AvgIpc) is 3.14. The van der Waals surface area contributed by atoms with E-state index in [0.29, 0.717) is 17.6 Å². The van der Waals surface area contributed by atoms with Crippen LogP contribution in [0.2, 0.25) is 0 Å². The Morgan fingerprint density at radius 2 is 1.92 bits per heavy atom. The van der Waals surface area contributed by atoms with Crippen LogP contribution >= 0.6 is 0 Å². The standard InChI is InChI=1S/C18H21F3N4O/c1-24(13-8-11-6-7-12(9-13)22-11)16(26)10-25-15-5-3-2-4-14(15)23-17(25)18(19,20)21/h2-5,11-13,22H,6-10H2,1H3. The molecular weight excluding hydrogens is 345 g/mol. The molecular formula is C18H21F3N4O. The van der Waals surface area contributed by atoms with Gasteiger partial charge in [0.15, 0.2) is 0 Å². The van der Waals surface area contributed by atoms with Crippen molar-refractivity contribution in [2.75, 3.05) is 7.05 Å². The summed E-state index contributed by atoms with van der Waals surface area (Å²) in [4.78, 5) is 18.1. The first-order valence-electron chi connectivity index (χ1n) is 8.87. The molecule has 1 aromatic heterocycles. The summed E-state index contributed by atoms with van der Waals surface area (Å²) in [7, 11) is 1.70. The molecule has 5 nitrogen and oxygen atoms in total. The van der Waals surface area contributed by atoms with Crippen LogP contribution in [0.1, 0.15) is 31.5 Å². The van der Waals surface area contributed by atoms with Gasteiger partial charge in [0.1, 0.15) is 6.54 Å². The summed E-state index contributed by atoms with van der Waals surface area (Å²) < 4.78 is 41.2. The van der Waals surface area contributed by atoms with Crippen LogP contribution in [0, 0.1) is 0 Å². The first-order valence-corrected chi connectivity index (χ1v) is 8.87. The third-order valence-electron chi connectivity index (χ3n) is 5.59. The number of hydrogen-bond acceptors (Lipinski definition) is 3. The van der Waals surface area contributed by atoms with E-state index in [9.17, 15) is 18.0 Å². The van der Waals surface area contributed by atoms with Gasteiger partial charge in [-0.2, -0.15) is 13.2 Å². The van der Waals surface area contributed by atoms with Crippen molar-refractivity contribution in [3.8, 4) is 0 Å². The van der Waals surface area contributed by atoms with Gasteiger partial charge in [-0.3, -0.25) is 4.79 Å². The van der Waals surface area contributed by atoms with Crippen LogP contribution in [0.25, 0.3) is 11.0 Å². The van der Waals surface area contributed by atoms with E-state index in [1.807, 2.05) is 0 Å². The van der Waals surface area contributed by atoms with E-state index in [2.05, 4.69) is 10.3 Å². The second-order valence-electron chi connectivity index (χ2n) is 7.28. The van der Waals surface area contributed by atoms with E-state index in [0.717, 1.165) is 30.3 Å². The van der Waals surface area contributed by atoms with Gasteiger partial charge in [0, 0.05) is 25.2 Å². The zero-order valence-electron chi connectivity index (χ0n) is 14.5. The second kappa shape index (κ2) is 6.26. The number of hydrogen-bond donors (Lipinski definition) is 1. The number of alkyl halides is 3. The number of para-hydroxylation sites is 2. The van der Waals surface area contributed by atoms with Crippen LogP contribution in [0.15, 0.2) is 24.3 Å². The summed E-state index contributed by atoms with van der Waals surface area (Å²) in [5.41, 5.74) is 0.571. The van der Waals surface area contributed by atoms with Crippen LogP contribution in [0.5, 0.6) is 0 Å². The summed E-state index contributed by atoms with van der Waals surface area (Å²) in [5.74, 6) is -1.34. The van der Waals surface area contributed by atoms with Crippen molar-refractivity contribution in [2.45, 2.75) is 56.5 Å². The number of benzene rings is 1. The van der Waals surface area contributed by atoms with Crippen molar-refractivity contribution in [1.82, 2.24) is 19.8 Å². The molecule has 2 saturated heterocycles. The molecule has 2 aliphatic rings. The van der Waals surface area contributed by atoms with Gasteiger partial charge in [0.05, 0.1) is 11.0 Å². The molecule has 140 valence electrons. The molecule has 2 fully saturated rings. The van der Waals surface area contributed by atoms with E-state index < -0.39 is 12.0 Å². The molecule has 3 heterocycles. The highest BCUT2D eigenvalue weighted by Crippen LogP contribution is 2.32. The lowest BCUT2D eigenvalue weighted by molar-refractivity contribution is -0.148. The lowest BCUT2D eigenvalue weighted by atomic mass is 9.98. The quantitative estimate of drug-likeness (QED) is 0.909. The maximum atomic E-state index is 13.4. The monoisotopic (exact) mass is 366 g/mol. The summed E-state index contributed by atoms with van der Waals surface area (Å²) in [6, 6.07) is 7.28. The third-order valence-corrected chi connectivity index (χ3v) is 5.59. The Hall–Kier alpha value is -2.09. The molecule has 1 aromatic carbocycles. The van der Waals surface area contributed by atoms with E-state index in [4.69, 9.17) is 0 Å². The van der Waals surface area contributed by atoms with Gasteiger partial charge in [-0.1, -0.05) is 12.1 Å². The maximum absolute atomic E-state index is 13.4. The van der Waals surface area contributed by atoms with Crippen LogP contribution < -0.4 is 5.32 Å². The van der Waals surface area contributed by atoms with E-state index in [1.54, 1.807) is 30.1 Å². The predicted molar refractivity (Wildman–Crippen MR) is 90.5 cm³/mol. The van der Waals surface area contributed by atoms with E-state index >= 15 is 0 Å². The third kappa shape index (κ3) is 3.06. The zero-order chi connectivity index (χ0) is 18.5. The molecule has 0 aliphatic carbocycles. The SMILES string of the molecule is CN(C(=O)Cn1c(C(F)(F)F)nc2ccccc21)C1CC2CCC(C1)N2. The molecule has 4 rings (SSSR count). The van der Waals surface area contributed by atoms with Crippen molar-refractivity contribution >= 4 is 16.9 Å². The molecule has 1 N–H and O–H groups in total. The van der Waals surface area contributed by atoms with Crippen LogP contribution in [-0.4, -0.2) is 45.5 Å². The van der Waals surface area contributed by atoms with Gasteiger partial charge < -0.3 is 14.8 Å². The number of fused-ring (bicyclic) bond motifs is 3. The Labute approximate surface area is 149 Å². The van der Waals surface area contributed by atoms with Crippen molar-refractivity contribution < 1.29 is 18.0 Å². The Bertz CT molecular complexity index is 819. The number of aromatic nitrogens is 2. The van der Waals surface area contributed by atoms with Gasteiger partial charge >= 0.3 is 6.18 Å². The average molecular weight is 366 g/mol. The minimum Gasteiger partial charge on any atom is -0.341 e. The molecule has 8 heteroatoms. The summed E-state index contributed by atoms with van der Waals surface area (Å²) in [5, 5.41) is 3.51. The molecule has 1 amide bonds. The number of carbonyl (C=O) groups excluding carboxylic acids is 1. The topological polar surface area (TPSA) is 50.2 Å². The Morgan fingerprint density at radius 1 is 1.27 bits per heavy atom. The Kier molecular flexibility index (Phi) is 4.17. The Balaban J connectivity index is 1.59. The van der Waals surface area contributed by atoms with Crippen LogP contribution in [0.4, 0.5) is 13.2 Å². The fraction of sp³-hybridized carbons (Fsp3) is 0.556. The molecule has 2 atom stereocenters. The molecule has 2 aliphatic heterocycles. The van der Waals surface area contributed by atoms with Crippen LogP contribution in [0.3, 0.4) is 0 Å².